The number of benzene rings is 1. The zero-order chi connectivity index (χ0) is 18.8. The molecule has 0 spiro atoms. The van der Waals surface area contributed by atoms with Gasteiger partial charge in [0.2, 0.25) is 0 Å². The molecule has 0 unspecified atom stereocenters. The second-order valence-corrected chi connectivity index (χ2v) is 7.20. The summed E-state index contributed by atoms with van der Waals surface area (Å²) in [5.74, 6) is -0.114. The van der Waals surface area contributed by atoms with Crippen LogP contribution in [-0.4, -0.2) is 37.6 Å². The molecule has 27 heavy (non-hydrogen) atoms. The fourth-order valence-electron chi connectivity index (χ4n) is 2.90. The highest BCUT2D eigenvalue weighted by Gasteiger charge is 2.17. The van der Waals surface area contributed by atoms with E-state index in [9.17, 15) is 4.79 Å². The van der Waals surface area contributed by atoms with Crippen LogP contribution in [0, 0.1) is 0 Å². The van der Waals surface area contributed by atoms with Gasteiger partial charge in [0.15, 0.2) is 0 Å². The molecular formula is C20H19N5OS. The standard InChI is InChI=1S/C20H19N5OS/c1-24-10-6-9-18(24)16-11-17(23-22-16)20(26)25(2)12-15-13-27-19(21-15)14-7-4-3-5-8-14/h3-11,13H,12H2,1-2H3,(H,22,23). The van der Waals surface area contributed by atoms with E-state index in [1.54, 1.807) is 29.4 Å². The lowest BCUT2D eigenvalue weighted by molar-refractivity contribution is 0.0778. The number of hydrogen-bond donors (Lipinski definition) is 1. The van der Waals surface area contributed by atoms with Gasteiger partial charge in [0.1, 0.15) is 16.4 Å². The molecule has 6 nitrogen and oxygen atoms in total. The van der Waals surface area contributed by atoms with Gasteiger partial charge in [-0.15, -0.1) is 11.3 Å². The molecule has 0 saturated heterocycles. The van der Waals surface area contributed by atoms with E-state index in [4.69, 9.17) is 0 Å². The van der Waals surface area contributed by atoms with E-state index in [1.807, 2.05) is 65.7 Å². The van der Waals surface area contributed by atoms with Crippen molar-refractivity contribution in [1.82, 2.24) is 24.6 Å². The average Bonchev–Trinajstić information content (AvgIpc) is 3.42. The van der Waals surface area contributed by atoms with Gasteiger partial charge in [-0.1, -0.05) is 30.3 Å². The van der Waals surface area contributed by atoms with Gasteiger partial charge in [-0.25, -0.2) is 4.98 Å². The summed E-state index contributed by atoms with van der Waals surface area (Å²) < 4.78 is 1.97. The Bertz CT molecular complexity index is 1060. The SMILES string of the molecule is CN(Cc1csc(-c2ccccc2)n1)C(=O)c1cc(-c2cccn2C)n[nH]1. The highest BCUT2D eigenvalue weighted by Crippen LogP contribution is 2.24. The third kappa shape index (κ3) is 3.54. The minimum atomic E-state index is -0.114. The summed E-state index contributed by atoms with van der Waals surface area (Å²) in [4.78, 5) is 19.0. The third-order valence-electron chi connectivity index (χ3n) is 4.33. The van der Waals surface area contributed by atoms with Crippen molar-refractivity contribution < 1.29 is 4.79 Å². The van der Waals surface area contributed by atoms with Crippen LogP contribution in [0.25, 0.3) is 22.0 Å². The van der Waals surface area contributed by atoms with Crippen molar-refractivity contribution in [3.63, 3.8) is 0 Å². The molecule has 1 aromatic carbocycles. The van der Waals surface area contributed by atoms with Gasteiger partial charge in [0, 0.05) is 31.2 Å². The van der Waals surface area contributed by atoms with Crippen LogP contribution in [0.3, 0.4) is 0 Å². The number of hydrogen-bond acceptors (Lipinski definition) is 4. The summed E-state index contributed by atoms with van der Waals surface area (Å²) in [6.07, 6.45) is 1.95. The van der Waals surface area contributed by atoms with Gasteiger partial charge in [-0.2, -0.15) is 5.10 Å². The number of nitrogens with zero attached hydrogens (tertiary/aromatic N) is 4. The molecule has 0 atom stereocenters. The van der Waals surface area contributed by atoms with Crippen molar-refractivity contribution >= 4 is 17.2 Å². The van der Waals surface area contributed by atoms with E-state index in [1.165, 1.54) is 0 Å². The maximum atomic E-state index is 12.7. The Labute approximate surface area is 161 Å². The molecule has 0 aliphatic rings. The fraction of sp³-hybridized carbons (Fsp3) is 0.150. The predicted molar refractivity (Wildman–Crippen MR) is 106 cm³/mol. The Morgan fingerprint density at radius 3 is 2.78 bits per heavy atom. The molecule has 1 amide bonds. The summed E-state index contributed by atoms with van der Waals surface area (Å²) in [5.41, 5.74) is 4.13. The molecule has 4 rings (SSSR count). The van der Waals surface area contributed by atoms with Crippen LogP contribution in [0.5, 0.6) is 0 Å². The van der Waals surface area contributed by atoms with Gasteiger partial charge >= 0.3 is 0 Å². The number of aromatic amines is 1. The molecule has 7 heteroatoms. The normalized spacial score (nSPS) is 10.9. The van der Waals surface area contributed by atoms with E-state index in [2.05, 4.69) is 15.2 Å². The summed E-state index contributed by atoms with van der Waals surface area (Å²) >= 11 is 1.58. The second-order valence-electron chi connectivity index (χ2n) is 6.34. The van der Waals surface area contributed by atoms with Gasteiger partial charge in [-0.3, -0.25) is 9.89 Å². The number of nitrogens with one attached hydrogen (secondary N) is 1. The Kier molecular flexibility index (Phi) is 4.60. The van der Waals surface area contributed by atoms with Crippen LogP contribution < -0.4 is 0 Å². The van der Waals surface area contributed by atoms with E-state index in [0.29, 0.717) is 12.2 Å². The maximum Gasteiger partial charge on any atom is 0.271 e. The monoisotopic (exact) mass is 377 g/mol. The highest BCUT2D eigenvalue weighted by atomic mass is 32.1. The maximum absolute atomic E-state index is 12.7. The topological polar surface area (TPSA) is 66.8 Å². The summed E-state index contributed by atoms with van der Waals surface area (Å²) in [5, 5.41) is 10.1. The Morgan fingerprint density at radius 1 is 1.22 bits per heavy atom. The lowest BCUT2D eigenvalue weighted by atomic mass is 10.2. The van der Waals surface area contributed by atoms with E-state index >= 15 is 0 Å². The minimum absolute atomic E-state index is 0.114. The molecule has 0 fully saturated rings. The quantitative estimate of drug-likeness (QED) is 0.575. The molecule has 1 N–H and O–H groups in total. The van der Waals surface area contributed by atoms with Crippen LogP contribution in [-0.2, 0) is 13.6 Å². The predicted octanol–water partition coefficient (Wildman–Crippen LogP) is 3.81. The summed E-state index contributed by atoms with van der Waals surface area (Å²) in [6.45, 7) is 0.445. The molecule has 0 aliphatic heterocycles. The molecule has 0 aliphatic carbocycles. The highest BCUT2D eigenvalue weighted by molar-refractivity contribution is 7.13. The number of aryl methyl sites for hydroxylation is 1. The van der Waals surface area contributed by atoms with Gasteiger partial charge in [-0.05, 0) is 18.2 Å². The Balaban J connectivity index is 1.47. The molecule has 3 heterocycles. The first-order valence-electron chi connectivity index (χ1n) is 8.54. The number of H-pyrrole nitrogens is 1. The number of rotatable bonds is 5. The van der Waals surface area contributed by atoms with E-state index in [0.717, 1.165) is 27.7 Å². The second kappa shape index (κ2) is 7.20. The lowest BCUT2D eigenvalue weighted by Crippen LogP contribution is -2.26. The molecule has 0 saturated carbocycles. The van der Waals surface area contributed by atoms with Gasteiger partial charge < -0.3 is 9.47 Å². The van der Waals surface area contributed by atoms with Crippen LogP contribution in [0.2, 0.25) is 0 Å². The molecule has 4 aromatic rings. The van der Waals surface area contributed by atoms with Crippen LogP contribution in [0.1, 0.15) is 16.2 Å². The number of amides is 1. The number of carbonyl (C=O) groups excluding carboxylic acids is 1. The molecular weight excluding hydrogens is 358 g/mol. The first kappa shape index (κ1) is 17.2. The zero-order valence-electron chi connectivity index (χ0n) is 15.1. The van der Waals surface area contributed by atoms with Crippen molar-refractivity contribution in [2.75, 3.05) is 7.05 Å². The smallest absolute Gasteiger partial charge is 0.271 e. The van der Waals surface area contributed by atoms with Crippen molar-refractivity contribution in [2.24, 2.45) is 7.05 Å². The number of aromatic nitrogens is 4. The van der Waals surface area contributed by atoms with Crippen molar-refractivity contribution in [1.29, 1.82) is 0 Å². The van der Waals surface area contributed by atoms with Crippen molar-refractivity contribution in [3.8, 4) is 22.0 Å². The molecule has 136 valence electrons. The Morgan fingerprint density at radius 2 is 2.04 bits per heavy atom. The first-order valence-corrected chi connectivity index (χ1v) is 9.42. The average molecular weight is 377 g/mol. The minimum Gasteiger partial charge on any atom is -0.349 e. The number of carbonyl (C=O) groups is 1. The lowest BCUT2D eigenvalue weighted by Gasteiger charge is -2.14. The summed E-state index contributed by atoms with van der Waals surface area (Å²) in [7, 11) is 3.72. The van der Waals surface area contributed by atoms with E-state index in [-0.39, 0.29) is 5.91 Å². The zero-order valence-corrected chi connectivity index (χ0v) is 15.9. The largest absolute Gasteiger partial charge is 0.349 e. The van der Waals surface area contributed by atoms with Crippen LogP contribution in [0.15, 0.2) is 60.1 Å². The van der Waals surface area contributed by atoms with E-state index < -0.39 is 0 Å². The van der Waals surface area contributed by atoms with Crippen LogP contribution >= 0.6 is 11.3 Å². The van der Waals surface area contributed by atoms with Crippen molar-refractivity contribution in [3.05, 3.63) is 71.5 Å². The van der Waals surface area contributed by atoms with Gasteiger partial charge in [0.05, 0.1) is 17.9 Å². The molecule has 3 aromatic heterocycles. The molecule has 0 bridgehead atoms. The summed E-state index contributed by atoms with van der Waals surface area (Å²) in [6, 6.07) is 15.7. The van der Waals surface area contributed by atoms with Gasteiger partial charge in [0.25, 0.3) is 5.91 Å². The first-order chi connectivity index (χ1) is 13.1. The third-order valence-corrected chi connectivity index (χ3v) is 5.27. The van der Waals surface area contributed by atoms with Crippen LogP contribution in [0.4, 0.5) is 0 Å². The Hall–Kier alpha value is -3.19. The fourth-order valence-corrected chi connectivity index (χ4v) is 3.72. The van der Waals surface area contributed by atoms with Crippen molar-refractivity contribution in [2.45, 2.75) is 6.54 Å². The number of thiazole rings is 1. The molecule has 0 radical (unpaired) electrons.